The number of H-pyrrole nitrogens is 1. The van der Waals surface area contributed by atoms with Gasteiger partial charge in [-0.2, -0.15) is 0 Å². The summed E-state index contributed by atoms with van der Waals surface area (Å²) in [6, 6.07) is 6.50. The van der Waals surface area contributed by atoms with E-state index in [-0.39, 0.29) is 0 Å². The van der Waals surface area contributed by atoms with E-state index in [1.165, 1.54) is 22.2 Å². The molecule has 1 aromatic carbocycles. The van der Waals surface area contributed by atoms with Gasteiger partial charge in [-0.05, 0) is 26.0 Å². The largest absolute Gasteiger partial charge is 0.373 e. The van der Waals surface area contributed by atoms with Gasteiger partial charge in [0.25, 0.3) is 0 Å². The van der Waals surface area contributed by atoms with Crippen molar-refractivity contribution in [3.8, 4) is 0 Å². The fraction of sp³-hybridized carbons (Fsp3) is 0.333. The topological polar surface area (TPSA) is 28.9 Å². The van der Waals surface area contributed by atoms with Gasteiger partial charge in [0.1, 0.15) is 6.67 Å². The van der Waals surface area contributed by atoms with Crippen LogP contribution in [0, 0.1) is 6.92 Å². The third kappa shape index (κ3) is 2.26. The Morgan fingerprint density at radius 2 is 2.00 bits per heavy atom. The monoisotopic (exact) mass is 256 g/mol. The lowest BCUT2D eigenvalue weighted by atomic mass is 10.1. The molecule has 1 N–H and O–H groups in total. The van der Waals surface area contributed by atoms with Crippen LogP contribution in [0.15, 0.2) is 36.8 Å². The van der Waals surface area contributed by atoms with Crippen molar-refractivity contribution in [3.63, 3.8) is 0 Å². The van der Waals surface area contributed by atoms with Crippen LogP contribution in [0.1, 0.15) is 12.5 Å². The van der Waals surface area contributed by atoms with Crippen LogP contribution in [0.5, 0.6) is 0 Å². The average Bonchev–Trinajstić information content (AvgIpc) is 2.82. The van der Waals surface area contributed by atoms with Gasteiger partial charge in [-0.25, -0.2) is 0 Å². The van der Waals surface area contributed by atoms with Crippen molar-refractivity contribution in [3.05, 3.63) is 42.4 Å². The van der Waals surface area contributed by atoms with E-state index in [0.29, 0.717) is 0 Å². The van der Waals surface area contributed by atoms with Crippen LogP contribution < -0.4 is 4.90 Å². The SMILES string of the molecule is CCN(C)c1c[nH]c2ccc(C)cc12.c1cn2n1C2. The van der Waals surface area contributed by atoms with Crippen molar-refractivity contribution in [2.24, 2.45) is 0 Å². The normalized spacial score (nSPS) is 11.9. The van der Waals surface area contributed by atoms with E-state index in [9.17, 15) is 0 Å². The van der Waals surface area contributed by atoms with E-state index < -0.39 is 0 Å². The molecule has 0 fully saturated rings. The molecule has 3 aromatic rings. The summed E-state index contributed by atoms with van der Waals surface area (Å²) in [7, 11) is 2.12. The summed E-state index contributed by atoms with van der Waals surface area (Å²) in [5, 5.41) is 1.31. The Labute approximate surface area is 113 Å². The summed E-state index contributed by atoms with van der Waals surface area (Å²) in [5.41, 5.74) is 3.81. The first kappa shape index (κ1) is 12.0. The molecule has 4 rings (SSSR count). The van der Waals surface area contributed by atoms with Crippen LogP contribution in [0.2, 0.25) is 0 Å². The first-order valence-corrected chi connectivity index (χ1v) is 6.69. The number of nitrogens with one attached hydrogen (secondary N) is 1. The number of benzene rings is 1. The highest BCUT2D eigenvalue weighted by atomic mass is 15.6. The zero-order valence-corrected chi connectivity index (χ0v) is 11.7. The molecule has 0 aliphatic carbocycles. The molecule has 0 atom stereocenters. The molecule has 4 heteroatoms. The molecule has 19 heavy (non-hydrogen) atoms. The van der Waals surface area contributed by atoms with E-state index >= 15 is 0 Å². The Balaban J connectivity index is 0.000000180. The number of anilines is 1. The van der Waals surface area contributed by atoms with Crippen LogP contribution in [0.25, 0.3) is 10.9 Å². The second kappa shape index (κ2) is 4.53. The Bertz CT molecular complexity index is 670. The maximum atomic E-state index is 3.29. The fourth-order valence-electron chi connectivity index (χ4n) is 2.18. The summed E-state index contributed by atoms with van der Waals surface area (Å²) < 4.78 is 4.25. The van der Waals surface area contributed by atoms with E-state index in [4.69, 9.17) is 0 Å². The predicted molar refractivity (Wildman–Crippen MR) is 79.8 cm³/mol. The summed E-state index contributed by atoms with van der Waals surface area (Å²) >= 11 is 0. The molecule has 0 saturated heterocycles. The Morgan fingerprint density at radius 1 is 1.26 bits per heavy atom. The molecule has 0 spiro atoms. The van der Waals surface area contributed by atoms with Gasteiger partial charge < -0.3 is 9.88 Å². The minimum absolute atomic E-state index is 1.03. The predicted octanol–water partition coefficient (Wildman–Crippen LogP) is 3.04. The number of hydrogen-bond acceptors (Lipinski definition) is 1. The first-order valence-electron chi connectivity index (χ1n) is 6.69. The number of rotatable bonds is 2. The van der Waals surface area contributed by atoms with E-state index in [2.05, 4.69) is 76.9 Å². The van der Waals surface area contributed by atoms with Crippen molar-refractivity contribution in [2.45, 2.75) is 20.5 Å². The number of hydrogen-bond donors (Lipinski definition) is 1. The van der Waals surface area contributed by atoms with Gasteiger partial charge in [0.05, 0.1) is 5.69 Å². The minimum Gasteiger partial charge on any atom is -0.373 e. The number of fused-ring (bicyclic) bond motifs is 2. The zero-order chi connectivity index (χ0) is 13.4. The summed E-state index contributed by atoms with van der Waals surface area (Å²) in [4.78, 5) is 5.54. The van der Waals surface area contributed by atoms with Crippen LogP contribution in [-0.2, 0) is 6.67 Å². The van der Waals surface area contributed by atoms with Crippen molar-refractivity contribution in [1.29, 1.82) is 0 Å². The Kier molecular flexibility index (Phi) is 2.85. The average molecular weight is 256 g/mol. The molecule has 0 bridgehead atoms. The van der Waals surface area contributed by atoms with Gasteiger partial charge in [0.2, 0.25) is 0 Å². The smallest absolute Gasteiger partial charge is 0.129 e. The molecule has 1 aliphatic heterocycles. The van der Waals surface area contributed by atoms with E-state index in [0.717, 1.165) is 13.2 Å². The lowest BCUT2D eigenvalue weighted by molar-refractivity contribution is 0.962. The van der Waals surface area contributed by atoms with Crippen LogP contribution in [0.3, 0.4) is 0 Å². The molecule has 0 saturated carbocycles. The number of aryl methyl sites for hydroxylation is 1. The first-order chi connectivity index (χ1) is 9.19. The van der Waals surface area contributed by atoms with Crippen LogP contribution in [-0.4, -0.2) is 27.9 Å². The molecule has 1 aliphatic rings. The summed E-state index contributed by atoms with van der Waals surface area (Å²) in [5.74, 6) is 0. The van der Waals surface area contributed by atoms with Gasteiger partial charge in [0, 0.05) is 43.1 Å². The number of aromatic amines is 1. The lowest BCUT2D eigenvalue weighted by Crippen LogP contribution is -2.14. The Morgan fingerprint density at radius 3 is 2.53 bits per heavy atom. The third-order valence-electron chi connectivity index (χ3n) is 3.65. The van der Waals surface area contributed by atoms with Gasteiger partial charge in [-0.3, -0.25) is 9.36 Å². The summed E-state index contributed by atoms with van der Waals surface area (Å²) in [6.45, 7) is 6.46. The third-order valence-corrected chi connectivity index (χ3v) is 3.65. The van der Waals surface area contributed by atoms with E-state index in [1.807, 2.05) is 0 Å². The quantitative estimate of drug-likeness (QED) is 0.587. The molecule has 0 radical (unpaired) electrons. The Hall–Kier alpha value is -2.10. The highest BCUT2D eigenvalue weighted by molar-refractivity contribution is 5.93. The standard InChI is InChI=1S/C12H16N2.C3H4N2/c1-4-14(3)12-8-13-11-6-5-9(2)7-10(11)12;1-2-5-3-4(1)5/h5-8,13H,4H2,1-3H3;1-2H,3H2. The lowest BCUT2D eigenvalue weighted by Gasteiger charge is -2.15. The molecular weight excluding hydrogens is 236 g/mol. The maximum absolute atomic E-state index is 3.29. The second-order valence-electron chi connectivity index (χ2n) is 5.06. The van der Waals surface area contributed by atoms with Crippen molar-refractivity contribution >= 4 is 16.6 Å². The highest BCUT2D eigenvalue weighted by Crippen LogP contribution is 2.26. The van der Waals surface area contributed by atoms with Crippen LogP contribution >= 0.6 is 0 Å². The fourth-order valence-corrected chi connectivity index (χ4v) is 2.18. The van der Waals surface area contributed by atoms with Crippen molar-refractivity contribution < 1.29 is 0 Å². The molecule has 3 heterocycles. The second-order valence-corrected chi connectivity index (χ2v) is 5.06. The van der Waals surface area contributed by atoms with Gasteiger partial charge in [-0.1, -0.05) is 11.6 Å². The van der Waals surface area contributed by atoms with Gasteiger partial charge >= 0.3 is 0 Å². The molecule has 4 nitrogen and oxygen atoms in total. The van der Waals surface area contributed by atoms with E-state index in [1.54, 1.807) is 0 Å². The molecule has 0 amide bonds. The van der Waals surface area contributed by atoms with Crippen molar-refractivity contribution in [1.82, 2.24) is 14.3 Å². The highest BCUT2D eigenvalue weighted by Gasteiger charge is 2.10. The molecule has 100 valence electrons. The number of aromatic nitrogens is 3. The molecular formula is C15H20N4. The summed E-state index contributed by atoms with van der Waals surface area (Å²) in [6.07, 6.45) is 6.19. The van der Waals surface area contributed by atoms with Crippen LogP contribution in [0.4, 0.5) is 5.69 Å². The zero-order valence-electron chi connectivity index (χ0n) is 11.7. The van der Waals surface area contributed by atoms with Crippen molar-refractivity contribution in [2.75, 3.05) is 18.5 Å². The number of nitrogens with zero attached hydrogens (tertiary/aromatic N) is 3. The minimum atomic E-state index is 1.03. The van der Waals surface area contributed by atoms with Gasteiger partial charge in [-0.15, -0.1) is 0 Å². The molecule has 0 unspecified atom stereocenters. The van der Waals surface area contributed by atoms with Gasteiger partial charge in [0.15, 0.2) is 0 Å². The molecule has 2 aromatic heterocycles. The maximum Gasteiger partial charge on any atom is 0.129 e.